The lowest BCUT2D eigenvalue weighted by atomic mass is 10.0. The molecule has 2 N–H and O–H groups in total. The Morgan fingerprint density at radius 3 is 2.63 bits per heavy atom. The number of hydrogen-bond donors (Lipinski definition) is 1. The van der Waals surface area contributed by atoms with Gasteiger partial charge in [-0.05, 0) is 54.2 Å². The van der Waals surface area contributed by atoms with Crippen molar-refractivity contribution in [1.82, 2.24) is 9.80 Å². The van der Waals surface area contributed by atoms with Crippen molar-refractivity contribution in [3.8, 4) is 11.5 Å². The third-order valence-electron chi connectivity index (χ3n) is 6.51. The van der Waals surface area contributed by atoms with Gasteiger partial charge in [0.15, 0.2) is 0 Å². The zero-order chi connectivity index (χ0) is 21.0. The molecule has 3 aliphatic rings. The number of para-hydroxylation sites is 1. The summed E-state index contributed by atoms with van der Waals surface area (Å²) < 4.78 is 5.85. The van der Waals surface area contributed by atoms with Crippen LogP contribution in [-0.2, 0) is 16.1 Å². The van der Waals surface area contributed by atoms with E-state index in [0.29, 0.717) is 30.0 Å². The molecule has 5 rings (SSSR count). The second-order valence-electron chi connectivity index (χ2n) is 8.69. The number of carbonyl (C=O) groups is 3. The average Bonchev–Trinajstić information content (AvgIpc) is 3.13. The van der Waals surface area contributed by atoms with E-state index < -0.39 is 11.9 Å². The highest BCUT2D eigenvalue weighted by Gasteiger charge is 2.64. The van der Waals surface area contributed by atoms with Crippen LogP contribution in [-0.4, -0.2) is 46.1 Å². The van der Waals surface area contributed by atoms with Gasteiger partial charge in [0.2, 0.25) is 11.8 Å². The molecule has 154 valence electrons. The number of nitrogens with zero attached hydrogens (tertiary/aromatic N) is 2. The van der Waals surface area contributed by atoms with Crippen molar-refractivity contribution in [3.63, 3.8) is 0 Å². The van der Waals surface area contributed by atoms with Crippen molar-refractivity contribution in [2.24, 2.45) is 11.1 Å². The molecule has 2 aromatic rings. The maximum atomic E-state index is 13.0. The predicted molar refractivity (Wildman–Crippen MR) is 109 cm³/mol. The Morgan fingerprint density at radius 1 is 1.13 bits per heavy atom. The van der Waals surface area contributed by atoms with Crippen molar-refractivity contribution < 1.29 is 19.1 Å². The van der Waals surface area contributed by atoms with Crippen molar-refractivity contribution in [2.75, 3.05) is 6.54 Å². The lowest BCUT2D eigenvalue weighted by Crippen LogP contribution is -2.49. The molecule has 1 aliphatic carbocycles. The van der Waals surface area contributed by atoms with Crippen molar-refractivity contribution in [2.45, 2.75) is 38.4 Å². The van der Waals surface area contributed by atoms with E-state index >= 15 is 0 Å². The summed E-state index contributed by atoms with van der Waals surface area (Å²) in [5.41, 5.74) is 6.91. The Kier molecular flexibility index (Phi) is 4.10. The summed E-state index contributed by atoms with van der Waals surface area (Å²) in [6.45, 7) is 2.35. The van der Waals surface area contributed by atoms with Crippen molar-refractivity contribution in [1.29, 1.82) is 0 Å². The van der Waals surface area contributed by atoms with Crippen LogP contribution in [0.2, 0.25) is 0 Å². The molecule has 2 aliphatic heterocycles. The first-order valence-electron chi connectivity index (χ1n) is 10.1. The van der Waals surface area contributed by atoms with Gasteiger partial charge in [0, 0.05) is 18.2 Å². The summed E-state index contributed by atoms with van der Waals surface area (Å²) in [5.74, 6) is 0.483. The van der Waals surface area contributed by atoms with Gasteiger partial charge in [-0.15, -0.1) is 0 Å². The number of hydrogen-bond acceptors (Lipinski definition) is 4. The van der Waals surface area contributed by atoms with Crippen LogP contribution >= 0.6 is 0 Å². The number of primary amides is 1. The number of fused-ring (bicyclic) bond motifs is 2. The van der Waals surface area contributed by atoms with E-state index in [2.05, 4.69) is 6.92 Å². The van der Waals surface area contributed by atoms with Crippen LogP contribution in [0.5, 0.6) is 11.5 Å². The Morgan fingerprint density at radius 2 is 1.90 bits per heavy atom. The number of benzene rings is 2. The van der Waals surface area contributed by atoms with E-state index in [4.69, 9.17) is 10.5 Å². The zero-order valence-electron chi connectivity index (χ0n) is 16.7. The molecular formula is C23H23N3O4. The Hall–Kier alpha value is -3.35. The maximum Gasteiger partial charge on any atom is 0.254 e. The summed E-state index contributed by atoms with van der Waals surface area (Å²) in [6, 6.07) is 14.2. The molecule has 3 amide bonds. The fraction of sp³-hybridized carbons (Fsp3) is 0.348. The molecule has 3 unspecified atom stereocenters. The molecule has 2 heterocycles. The topological polar surface area (TPSA) is 92.9 Å². The normalized spacial score (nSPS) is 26.4. The van der Waals surface area contributed by atoms with Crippen LogP contribution in [0.15, 0.2) is 48.5 Å². The smallest absolute Gasteiger partial charge is 0.254 e. The fourth-order valence-corrected chi connectivity index (χ4v) is 4.80. The largest absolute Gasteiger partial charge is 0.457 e. The molecule has 2 fully saturated rings. The molecule has 1 saturated carbocycles. The lowest BCUT2D eigenvalue weighted by Gasteiger charge is -2.27. The third-order valence-corrected chi connectivity index (χ3v) is 6.51. The van der Waals surface area contributed by atoms with Crippen LogP contribution < -0.4 is 10.5 Å². The molecule has 0 bridgehead atoms. The molecule has 2 aromatic carbocycles. The van der Waals surface area contributed by atoms with Crippen LogP contribution in [0.3, 0.4) is 0 Å². The SMILES string of the molecule is CC12CC(C(N)=O)N(C(=O)CN3Cc4cc(Oc5ccccc5)ccc4C3=O)C1C2. The van der Waals surface area contributed by atoms with E-state index in [1.165, 1.54) is 4.90 Å². The van der Waals surface area contributed by atoms with Gasteiger partial charge in [-0.1, -0.05) is 25.1 Å². The van der Waals surface area contributed by atoms with Crippen molar-refractivity contribution in [3.05, 3.63) is 59.7 Å². The quantitative estimate of drug-likeness (QED) is 0.826. The Bertz CT molecular complexity index is 1050. The molecule has 1 saturated heterocycles. The number of amides is 3. The second kappa shape index (κ2) is 6.58. The third kappa shape index (κ3) is 3.01. The van der Waals surface area contributed by atoms with E-state index in [1.807, 2.05) is 36.4 Å². The molecule has 0 spiro atoms. The van der Waals surface area contributed by atoms with Crippen LogP contribution in [0.1, 0.15) is 35.7 Å². The van der Waals surface area contributed by atoms with Gasteiger partial charge in [0.1, 0.15) is 24.1 Å². The number of ether oxygens (including phenoxy) is 1. The van der Waals surface area contributed by atoms with E-state index in [0.717, 1.165) is 12.0 Å². The van der Waals surface area contributed by atoms with Crippen LogP contribution in [0, 0.1) is 5.41 Å². The summed E-state index contributed by atoms with van der Waals surface area (Å²) in [4.78, 5) is 40.8. The summed E-state index contributed by atoms with van der Waals surface area (Å²) >= 11 is 0. The monoisotopic (exact) mass is 405 g/mol. The summed E-state index contributed by atoms with van der Waals surface area (Å²) in [6.07, 6.45) is 1.49. The zero-order valence-corrected chi connectivity index (χ0v) is 16.7. The minimum atomic E-state index is -0.577. The highest BCUT2D eigenvalue weighted by Crippen LogP contribution is 2.59. The first-order chi connectivity index (χ1) is 14.4. The minimum absolute atomic E-state index is 0.0168. The molecule has 7 heteroatoms. The highest BCUT2D eigenvalue weighted by molar-refractivity contribution is 6.01. The maximum absolute atomic E-state index is 13.0. The number of nitrogens with two attached hydrogens (primary N) is 1. The van der Waals surface area contributed by atoms with Gasteiger partial charge in [0.25, 0.3) is 5.91 Å². The van der Waals surface area contributed by atoms with Crippen LogP contribution in [0.4, 0.5) is 0 Å². The second-order valence-corrected chi connectivity index (χ2v) is 8.69. The van der Waals surface area contributed by atoms with E-state index in [9.17, 15) is 14.4 Å². The number of piperidine rings is 1. The molecule has 3 atom stereocenters. The van der Waals surface area contributed by atoms with Gasteiger partial charge in [-0.3, -0.25) is 14.4 Å². The number of carbonyl (C=O) groups excluding carboxylic acids is 3. The first-order valence-corrected chi connectivity index (χ1v) is 10.1. The van der Waals surface area contributed by atoms with Gasteiger partial charge >= 0.3 is 0 Å². The molecule has 0 radical (unpaired) electrons. The molecule has 7 nitrogen and oxygen atoms in total. The van der Waals surface area contributed by atoms with Gasteiger partial charge in [-0.25, -0.2) is 0 Å². The molecular weight excluding hydrogens is 382 g/mol. The minimum Gasteiger partial charge on any atom is -0.457 e. The average molecular weight is 405 g/mol. The van der Waals surface area contributed by atoms with E-state index in [1.54, 1.807) is 17.0 Å². The number of rotatable bonds is 5. The Balaban J connectivity index is 1.30. The first kappa shape index (κ1) is 18.7. The van der Waals surface area contributed by atoms with Gasteiger partial charge < -0.3 is 20.3 Å². The van der Waals surface area contributed by atoms with Crippen LogP contribution in [0.25, 0.3) is 0 Å². The van der Waals surface area contributed by atoms with Crippen molar-refractivity contribution >= 4 is 17.7 Å². The lowest BCUT2D eigenvalue weighted by molar-refractivity contribution is -0.139. The predicted octanol–water partition coefficient (Wildman–Crippen LogP) is 2.30. The fourth-order valence-electron chi connectivity index (χ4n) is 4.80. The standard InChI is InChI=1S/C23H23N3O4/c1-23-10-18(21(24)28)26(19(23)11-23)20(27)13-25-12-14-9-16(7-8-17(14)22(25)29)30-15-5-3-2-4-6-15/h2-9,18-19H,10-13H2,1H3,(H2,24,28). The Labute approximate surface area is 174 Å². The summed E-state index contributed by atoms with van der Waals surface area (Å²) in [5, 5.41) is 0. The summed E-state index contributed by atoms with van der Waals surface area (Å²) in [7, 11) is 0. The van der Waals surface area contributed by atoms with Gasteiger partial charge in [0.05, 0.1) is 0 Å². The van der Waals surface area contributed by atoms with E-state index in [-0.39, 0.29) is 29.8 Å². The van der Waals surface area contributed by atoms with Gasteiger partial charge in [-0.2, -0.15) is 0 Å². The molecule has 30 heavy (non-hydrogen) atoms. The molecule has 0 aromatic heterocycles. The highest BCUT2D eigenvalue weighted by atomic mass is 16.5. The number of likely N-dealkylation sites (tertiary alicyclic amines) is 1.